The zero-order valence-electron chi connectivity index (χ0n) is 16.0. The first kappa shape index (κ1) is 22.6. The van der Waals surface area contributed by atoms with E-state index in [9.17, 15) is 14.4 Å². The number of carbonyl (C=O) groups excluding carboxylic acids is 3. The average molecular weight is 427 g/mol. The molecule has 0 fully saturated rings. The van der Waals surface area contributed by atoms with Gasteiger partial charge in [0.25, 0.3) is 0 Å². The van der Waals surface area contributed by atoms with Crippen molar-refractivity contribution in [2.24, 2.45) is 0 Å². The molecular weight excluding hydrogens is 408 g/mol. The van der Waals surface area contributed by atoms with Gasteiger partial charge >= 0.3 is 17.9 Å². The van der Waals surface area contributed by atoms with Gasteiger partial charge in [0.1, 0.15) is 19.8 Å². The first-order valence-electron chi connectivity index (χ1n) is 8.24. The number of benzene rings is 2. The molecule has 0 radical (unpaired) electrons. The van der Waals surface area contributed by atoms with Gasteiger partial charge in [-0.25, -0.2) is 14.4 Å². The molecule has 0 bridgehead atoms. The minimum atomic E-state index is -0.804. The van der Waals surface area contributed by atoms with E-state index < -0.39 is 17.9 Å². The zero-order valence-corrected chi connectivity index (χ0v) is 16.7. The van der Waals surface area contributed by atoms with Crippen molar-refractivity contribution in [3.05, 3.63) is 29.3 Å². The Morgan fingerprint density at radius 1 is 0.759 bits per heavy atom. The third kappa shape index (κ3) is 6.13. The number of fused-ring (bicyclic) bond motifs is 1. The van der Waals surface area contributed by atoms with E-state index in [1.54, 1.807) is 12.1 Å². The molecule has 0 aromatic heterocycles. The van der Waals surface area contributed by atoms with Crippen LogP contribution >= 0.6 is 11.6 Å². The van der Waals surface area contributed by atoms with Crippen LogP contribution in [0.3, 0.4) is 0 Å². The fourth-order valence-corrected chi connectivity index (χ4v) is 2.53. The smallest absolute Gasteiger partial charge is 0.337 e. The van der Waals surface area contributed by atoms with Gasteiger partial charge in [-0.15, -0.1) is 0 Å². The van der Waals surface area contributed by atoms with Crippen LogP contribution < -0.4 is 14.2 Å². The Morgan fingerprint density at radius 3 is 1.83 bits per heavy atom. The van der Waals surface area contributed by atoms with E-state index in [0.717, 1.165) is 0 Å². The number of hydrogen-bond donors (Lipinski definition) is 0. The molecule has 0 saturated heterocycles. The lowest BCUT2D eigenvalue weighted by atomic mass is 10.1. The molecule has 0 heterocycles. The SMILES string of the molecule is COCC(=O)Oc1cc2ccc(Cl)cc2c(OC(=O)COC)c1OC(=O)COC. The Labute approximate surface area is 171 Å². The molecule has 10 heteroatoms. The van der Waals surface area contributed by atoms with Crippen molar-refractivity contribution in [1.29, 1.82) is 0 Å². The van der Waals surface area contributed by atoms with Crippen LogP contribution in [0.2, 0.25) is 5.02 Å². The summed E-state index contributed by atoms with van der Waals surface area (Å²) in [5.41, 5.74) is 0. The first-order valence-corrected chi connectivity index (χ1v) is 8.62. The van der Waals surface area contributed by atoms with Crippen LogP contribution in [0.5, 0.6) is 17.2 Å². The normalized spacial score (nSPS) is 10.6. The Bertz CT molecular complexity index is 910. The van der Waals surface area contributed by atoms with Gasteiger partial charge < -0.3 is 28.4 Å². The summed E-state index contributed by atoms with van der Waals surface area (Å²) < 4.78 is 30.1. The summed E-state index contributed by atoms with van der Waals surface area (Å²) in [5, 5.41) is 1.22. The van der Waals surface area contributed by atoms with E-state index in [4.69, 9.17) is 40.0 Å². The third-order valence-corrected chi connectivity index (χ3v) is 3.65. The number of hydrogen-bond acceptors (Lipinski definition) is 9. The van der Waals surface area contributed by atoms with Crippen molar-refractivity contribution >= 4 is 40.3 Å². The predicted molar refractivity (Wildman–Crippen MR) is 101 cm³/mol. The molecule has 0 N–H and O–H groups in total. The van der Waals surface area contributed by atoms with Crippen molar-refractivity contribution in [2.45, 2.75) is 0 Å². The van der Waals surface area contributed by atoms with Crippen molar-refractivity contribution < 1.29 is 42.8 Å². The summed E-state index contributed by atoms with van der Waals surface area (Å²) in [4.78, 5) is 36.0. The van der Waals surface area contributed by atoms with E-state index in [2.05, 4.69) is 0 Å². The summed E-state index contributed by atoms with van der Waals surface area (Å²) in [7, 11) is 3.94. The van der Waals surface area contributed by atoms with Gasteiger partial charge in [-0.1, -0.05) is 17.7 Å². The second-order valence-corrected chi connectivity index (χ2v) is 6.06. The highest BCUT2D eigenvalue weighted by Gasteiger charge is 2.24. The summed E-state index contributed by atoms with van der Waals surface area (Å²) in [6.07, 6.45) is 0. The molecular formula is C19H19ClO9. The number of rotatable bonds is 9. The van der Waals surface area contributed by atoms with Crippen molar-refractivity contribution in [3.63, 3.8) is 0 Å². The Morgan fingerprint density at radius 2 is 1.28 bits per heavy atom. The van der Waals surface area contributed by atoms with E-state index in [0.29, 0.717) is 15.8 Å². The van der Waals surface area contributed by atoms with Crippen molar-refractivity contribution in [3.8, 4) is 17.2 Å². The second kappa shape index (κ2) is 10.7. The molecule has 0 saturated carbocycles. The molecule has 0 aliphatic carbocycles. The van der Waals surface area contributed by atoms with E-state index in [1.165, 1.54) is 33.5 Å². The molecule has 0 atom stereocenters. The maximum Gasteiger partial charge on any atom is 0.337 e. The van der Waals surface area contributed by atoms with Gasteiger partial charge in [-0.05, 0) is 23.6 Å². The quantitative estimate of drug-likeness (QED) is 0.440. The van der Waals surface area contributed by atoms with Crippen LogP contribution in [0.15, 0.2) is 24.3 Å². The van der Waals surface area contributed by atoms with Crippen LogP contribution in [0.1, 0.15) is 0 Å². The molecule has 2 aromatic carbocycles. The molecule has 0 aliphatic heterocycles. The fourth-order valence-electron chi connectivity index (χ4n) is 2.36. The molecule has 0 spiro atoms. The van der Waals surface area contributed by atoms with E-state index in [1.807, 2.05) is 0 Å². The highest BCUT2D eigenvalue weighted by Crippen LogP contribution is 2.45. The van der Waals surface area contributed by atoms with Crippen LogP contribution in [0, 0.1) is 0 Å². The van der Waals surface area contributed by atoms with Crippen LogP contribution in [0.25, 0.3) is 10.8 Å². The lowest BCUT2D eigenvalue weighted by molar-refractivity contribution is -0.142. The predicted octanol–water partition coefficient (Wildman–Crippen LogP) is 2.15. The van der Waals surface area contributed by atoms with Gasteiger partial charge in [0.2, 0.25) is 5.75 Å². The minimum absolute atomic E-state index is 0.147. The van der Waals surface area contributed by atoms with Gasteiger partial charge in [-0.3, -0.25) is 0 Å². The number of esters is 3. The fraction of sp³-hybridized carbons (Fsp3) is 0.316. The summed E-state index contributed by atoms with van der Waals surface area (Å²) in [5.74, 6) is -2.90. The van der Waals surface area contributed by atoms with E-state index in [-0.39, 0.29) is 37.1 Å². The summed E-state index contributed by atoms with van der Waals surface area (Å²) >= 11 is 6.07. The summed E-state index contributed by atoms with van der Waals surface area (Å²) in [6.45, 7) is -1.09. The van der Waals surface area contributed by atoms with Gasteiger partial charge in [-0.2, -0.15) is 0 Å². The first-order chi connectivity index (χ1) is 13.9. The Balaban J connectivity index is 2.66. The van der Waals surface area contributed by atoms with Crippen molar-refractivity contribution in [1.82, 2.24) is 0 Å². The molecule has 29 heavy (non-hydrogen) atoms. The average Bonchev–Trinajstić information content (AvgIpc) is 2.65. The van der Waals surface area contributed by atoms with Gasteiger partial charge in [0, 0.05) is 31.7 Å². The number of ether oxygens (including phenoxy) is 6. The Hall–Kier alpha value is -2.72. The highest BCUT2D eigenvalue weighted by molar-refractivity contribution is 6.31. The molecule has 9 nitrogen and oxygen atoms in total. The third-order valence-electron chi connectivity index (χ3n) is 3.42. The lowest BCUT2D eigenvalue weighted by Gasteiger charge is -2.17. The molecule has 0 aliphatic rings. The maximum absolute atomic E-state index is 12.1. The number of carbonyl (C=O) groups is 3. The zero-order chi connectivity index (χ0) is 21.4. The molecule has 2 rings (SSSR count). The van der Waals surface area contributed by atoms with E-state index >= 15 is 0 Å². The van der Waals surface area contributed by atoms with Gasteiger partial charge in [0.15, 0.2) is 11.5 Å². The number of halogens is 1. The maximum atomic E-state index is 12.1. The highest BCUT2D eigenvalue weighted by atomic mass is 35.5. The van der Waals surface area contributed by atoms with Crippen molar-refractivity contribution in [2.75, 3.05) is 41.2 Å². The second-order valence-electron chi connectivity index (χ2n) is 5.62. The largest absolute Gasteiger partial charge is 0.421 e. The standard InChI is InChI=1S/C19H19ClO9/c1-24-8-15(21)27-14-6-11-4-5-12(20)7-13(11)18(28-16(22)9-25-2)19(14)29-17(23)10-26-3/h4-7H,8-10H2,1-3H3. The molecule has 2 aromatic rings. The molecule has 156 valence electrons. The minimum Gasteiger partial charge on any atom is -0.421 e. The monoisotopic (exact) mass is 426 g/mol. The molecule has 0 amide bonds. The topological polar surface area (TPSA) is 107 Å². The lowest BCUT2D eigenvalue weighted by Crippen LogP contribution is -2.20. The van der Waals surface area contributed by atoms with Crippen LogP contribution in [-0.4, -0.2) is 59.1 Å². The number of methoxy groups -OCH3 is 3. The Kier molecular flexibility index (Phi) is 8.34. The van der Waals surface area contributed by atoms with Gasteiger partial charge in [0.05, 0.1) is 0 Å². The molecule has 0 unspecified atom stereocenters. The van der Waals surface area contributed by atoms with Crippen LogP contribution in [-0.2, 0) is 28.6 Å². The van der Waals surface area contributed by atoms with Crippen LogP contribution in [0.4, 0.5) is 0 Å². The summed E-state index contributed by atoms with van der Waals surface area (Å²) in [6, 6.07) is 6.19.